The van der Waals surface area contributed by atoms with Crippen molar-refractivity contribution in [1.29, 1.82) is 0 Å². The molecule has 0 aromatic carbocycles. The first-order chi connectivity index (χ1) is 13.8. The van der Waals surface area contributed by atoms with E-state index >= 15 is 0 Å². The van der Waals surface area contributed by atoms with Crippen molar-refractivity contribution in [2.75, 3.05) is 17.3 Å². The molecule has 0 aliphatic carbocycles. The first kappa shape index (κ1) is 26.7. The first-order valence-corrected chi connectivity index (χ1v) is 15.2. The summed E-state index contributed by atoms with van der Waals surface area (Å²) in [5.74, 6) is 4.23. The molecule has 1 fully saturated rings. The molecule has 0 radical (unpaired) electrons. The Balaban J connectivity index is 2.05. The minimum atomic E-state index is 0.644. The lowest BCUT2D eigenvalue weighted by molar-refractivity contribution is 0.467. The van der Waals surface area contributed by atoms with Gasteiger partial charge in [-0.2, -0.15) is 23.5 Å². The maximum absolute atomic E-state index is 2.34. The molecule has 168 valence electrons. The van der Waals surface area contributed by atoms with Crippen LogP contribution in [0.25, 0.3) is 0 Å². The van der Waals surface area contributed by atoms with E-state index in [1.165, 1.54) is 146 Å². The van der Waals surface area contributed by atoms with Gasteiger partial charge in [-0.25, -0.2) is 0 Å². The molecule has 0 spiro atoms. The second kappa shape index (κ2) is 19.7. The molecule has 28 heavy (non-hydrogen) atoms. The van der Waals surface area contributed by atoms with Crippen LogP contribution in [0.4, 0.5) is 0 Å². The zero-order valence-corrected chi connectivity index (χ0v) is 21.2. The third-order valence-corrected chi connectivity index (χ3v) is 9.74. The zero-order chi connectivity index (χ0) is 20.2. The molecular weight excluding hydrogens is 376 g/mol. The van der Waals surface area contributed by atoms with Crippen LogP contribution in [-0.2, 0) is 0 Å². The molecule has 0 bridgehead atoms. The van der Waals surface area contributed by atoms with Gasteiger partial charge in [0.2, 0.25) is 0 Å². The third kappa shape index (κ3) is 14.6. The van der Waals surface area contributed by atoms with Gasteiger partial charge in [0.15, 0.2) is 0 Å². The summed E-state index contributed by atoms with van der Waals surface area (Å²) in [7, 11) is 0. The Hall–Kier alpha value is 0.700. The van der Waals surface area contributed by atoms with Crippen LogP contribution in [0.5, 0.6) is 0 Å². The SMILES string of the molecule is CCCCCCCCCCCC1(CCCCCCCCCCC)CSCCS1. The van der Waals surface area contributed by atoms with Crippen LogP contribution in [0, 0.1) is 0 Å². The van der Waals surface area contributed by atoms with Crippen LogP contribution >= 0.6 is 23.5 Å². The molecule has 0 amide bonds. The smallest absolute Gasteiger partial charge is 0.0250 e. The van der Waals surface area contributed by atoms with E-state index in [-0.39, 0.29) is 0 Å². The number of rotatable bonds is 20. The lowest BCUT2D eigenvalue weighted by atomic mass is 9.94. The van der Waals surface area contributed by atoms with Gasteiger partial charge >= 0.3 is 0 Å². The van der Waals surface area contributed by atoms with Crippen molar-refractivity contribution >= 4 is 23.5 Å². The maximum Gasteiger partial charge on any atom is 0.0250 e. The van der Waals surface area contributed by atoms with Gasteiger partial charge in [-0.15, -0.1) is 0 Å². The van der Waals surface area contributed by atoms with E-state index in [1.807, 2.05) is 0 Å². The van der Waals surface area contributed by atoms with E-state index in [1.54, 1.807) is 0 Å². The molecule has 0 aromatic rings. The standard InChI is InChI=1S/C26H52S2/c1-3-5-7-9-11-13-15-17-19-21-26(25-27-23-24-28-26)22-20-18-16-14-12-10-8-6-4-2/h3-25H2,1-2H3. The molecule has 0 unspecified atom stereocenters. The summed E-state index contributed by atoms with van der Waals surface area (Å²) in [6.07, 6.45) is 29.3. The number of hydrogen-bond acceptors (Lipinski definition) is 2. The van der Waals surface area contributed by atoms with Gasteiger partial charge in [-0.1, -0.05) is 129 Å². The van der Waals surface area contributed by atoms with Crippen molar-refractivity contribution in [2.45, 2.75) is 147 Å². The molecule has 1 heterocycles. The summed E-state index contributed by atoms with van der Waals surface area (Å²) >= 11 is 4.58. The average Bonchev–Trinajstić information content (AvgIpc) is 2.72. The topological polar surface area (TPSA) is 0 Å². The van der Waals surface area contributed by atoms with Crippen LogP contribution < -0.4 is 0 Å². The van der Waals surface area contributed by atoms with E-state index in [2.05, 4.69) is 37.4 Å². The maximum atomic E-state index is 2.34. The van der Waals surface area contributed by atoms with Crippen LogP contribution in [0.15, 0.2) is 0 Å². The van der Waals surface area contributed by atoms with E-state index < -0.39 is 0 Å². The fourth-order valence-corrected chi connectivity index (χ4v) is 7.75. The predicted octanol–water partition coefficient (Wildman–Crippen LogP) is 10.0. The second-order valence-electron chi connectivity index (χ2n) is 9.24. The third-order valence-electron chi connectivity index (χ3n) is 6.47. The Kier molecular flexibility index (Phi) is 18.8. The van der Waals surface area contributed by atoms with Crippen LogP contribution in [-0.4, -0.2) is 22.0 Å². The highest BCUT2D eigenvalue weighted by atomic mass is 32.2. The van der Waals surface area contributed by atoms with Crippen LogP contribution in [0.2, 0.25) is 0 Å². The second-order valence-corrected chi connectivity index (χ2v) is 11.9. The summed E-state index contributed by atoms with van der Waals surface area (Å²) < 4.78 is 0.644. The van der Waals surface area contributed by atoms with Gasteiger partial charge < -0.3 is 0 Å². The van der Waals surface area contributed by atoms with Crippen LogP contribution in [0.1, 0.15) is 142 Å². The summed E-state index contributed by atoms with van der Waals surface area (Å²) in [5, 5.41) is 0. The highest BCUT2D eigenvalue weighted by molar-refractivity contribution is 8.07. The molecule has 2 heteroatoms. The van der Waals surface area contributed by atoms with Crippen LogP contribution in [0.3, 0.4) is 0 Å². The molecule has 1 aliphatic rings. The van der Waals surface area contributed by atoms with Gasteiger partial charge in [-0.3, -0.25) is 0 Å². The van der Waals surface area contributed by atoms with Crippen molar-refractivity contribution in [3.05, 3.63) is 0 Å². The fraction of sp³-hybridized carbons (Fsp3) is 1.00. The summed E-state index contributed by atoms with van der Waals surface area (Å²) in [4.78, 5) is 0. The van der Waals surface area contributed by atoms with Gasteiger partial charge in [0.25, 0.3) is 0 Å². The largest absolute Gasteiger partial charge is 0.160 e. The minimum Gasteiger partial charge on any atom is -0.160 e. The first-order valence-electron chi connectivity index (χ1n) is 13.0. The van der Waals surface area contributed by atoms with E-state index in [9.17, 15) is 0 Å². The quantitative estimate of drug-likeness (QED) is 0.177. The lowest BCUT2D eigenvalue weighted by Gasteiger charge is -2.37. The van der Waals surface area contributed by atoms with Crippen molar-refractivity contribution in [3.63, 3.8) is 0 Å². The Morgan fingerprint density at radius 1 is 0.500 bits per heavy atom. The van der Waals surface area contributed by atoms with Gasteiger partial charge in [0.05, 0.1) is 0 Å². The molecule has 0 N–H and O–H groups in total. The summed E-state index contributed by atoms with van der Waals surface area (Å²) in [5.41, 5.74) is 0. The minimum absolute atomic E-state index is 0.644. The Bertz CT molecular complexity index is 286. The Labute approximate surface area is 187 Å². The average molecular weight is 429 g/mol. The number of thioether (sulfide) groups is 2. The summed E-state index contributed by atoms with van der Waals surface area (Å²) in [6.45, 7) is 4.62. The van der Waals surface area contributed by atoms with Gasteiger partial charge in [0, 0.05) is 22.0 Å². The molecule has 1 rings (SSSR count). The molecule has 0 nitrogen and oxygen atoms in total. The Morgan fingerprint density at radius 3 is 1.25 bits per heavy atom. The van der Waals surface area contributed by atoms with E-state index in [0.717, 1.165) is 0 Å². The van der Waals surface area contributed by atoms with Crippen molar-refractivity contribution in [1.82, 2.24) is 0 Å². The fourth-order valence-electron chi connectivity index (χ4n) is 4.55. The molecular formula is C26H52S2. The highest BCUT2D eigenvalue weighted by Gasteiger charge is 2.31. The lowest BCUT2D eigenvalue weighted by Crippen LogP contribution is -2.32. The van der Waals surface area contributed by atoms with Gasteiger partial charge in [-0.05, 0) is 12.8 Å². The summed E-state index contributed by atoms with van der Waals surface area (Å²) in [6, 6.07) is 0. The molecule has 0 aromatic heterocycles. The number of unbranched alkanes of at least 4 members (excludes halogenated alkanes) is 16. The normalized spacial score (nSPS) is 16.5. The Morgan fingerprint density at radius 2 is 0.893 bits per heavy atom. The molecule has 1 aliphatic heterocycles. The molecule has 0 atom stereocenters. The van der Waals surface area contributed by atoms with Crippen molar-refractivity contribution in [2.24, 2.45) is 0 Å². The van der Waals surface area contributed by atoms with Crippen molar-refractivity contribution < 1.29 is 0 Å². The monoisotopic (exact) mass is 428 g/mol. The van der Waals surface area contributed by atoms with E-state index in [0.29, 0.717) is 4.75 Å². The van der Waals surface area contributed by atoms with Crippen molar-refractivity contribution in [3.8, 4) is 0 Å². The van der Waals surface area contributed by atoms with E-state index in [4.69, 9.17) is 0 Å². The van der Waals surface area contributed by atoms with Gasteiger partial charge in [0.1, 0.15) is 0 Å². The number of hydrogen-bond donors (Lipinski definition) is 0. The predicted molar refractivity (Wildman–Crippen MR) is 136 cm³/mol. The molecule has 1 saturated heterocycles. The molecule has 0 saturated carbocycles. The highest BCUT2D eigenvalue weighted by Crippen LogP contribution is 2.42. The zero-order valence-electron chi connectivity index (χ0n) is 19.6.